The first-order chi connectivity index (χ1) is 13.0. The Morgan fingerprint density at radius 1 is 1.11 bits per heavy atom. The van der Waals surface area contributed by atoms with Crippen LogP contribution in [0, 0.1) is 0 Å². The monoisotopic (exact) mass is 384 g/mol. The molecule has 1 aromatic carbocycles. The van der Waals surface area contributed by atoms with Gasteiger partial charge in [-0.05, 0) is 54.8 Å². The minimum absolute atomic E-state index is 0.0607. The smallest absolute Gasteiger partial charge is 0.261 e. The Hall–Kier alpha value is -2.79. The molecule has 140 valence electrons. The molecule has 2 aromatic heterocycles. The lowest BCUT2D eigenvalue weighted by Crippen LogP contribution is -2.46. The first kappa shape index (κ1) is 19.0. The lowest BCUT2D eigenvalue weighted by molar-refractivity contribution is 0.0888. The summed E-state index contributed by atoms with van der Waals surface area (Å²) in [5, 5.41) is 3.69. The number of hydrogen-bond acceptors (Lipinski definition) is 3. The molecular weight excluding hydrogens is 364 g/mol. The van der Waals surface area contributed by atoms with Gasteiger partial charge in [-0.15, -0.1) is 0 Å². The summed E-state index contributed by atoms with van der Waals surface area (Å²) in [6.07, 6.45) is 2.88. The second-order valence-corrected chi connectivity index (χ2v) is 6.78. The molecule has 1 amide bonds. The number of aromatic nitrogens is 1. The fraction of sp³-hybridized carbons (Fsp3) is 0.238. The predicted molar refractivity (Wildman–Crippen MR) is 106 cm³/mol. The highest BCUT2D eigenvalue weighted by molar-refractivity contribution is 6.30. The number of carbonyl (C=O) groups excluding carboxylic acids is 1. The number of aromatic amines is 1. The second kappa shape index (κ2) is 7.84. The number of furan rings is 1. The third-order valence-corrected chi connectivity index (χ3v) is 5.15. The van der Waals surface area contributed by atoms with Gasteiger partial charge in [-0.25, -0.2) is 0 Å². The van der Waals surface area contributed by atoms with E-state index >= 15 is 0 Å². The number of nitrogens with one attached hydrogen (secondary N) is 2. The van der Waals surface area contributed by atoms with Gasteiger partial charge in [0, 0.05) is 5.02 Å². The molecule has 5 nitrogen and oxygen atoms in total. The minimum atomic E-state index is -0.576. The van der Waals surface area contributed by atoms with E-state index in [1.54, 1.807) is 30.3 Å². The molecule has 0 spiro atoms. The van der Waals surface area contributed by atoms with Crippen LogP contribution in [0.5, 0.6) is 0 Å². The van der Waals surface area contributed by atoms with Crippen LogP contribution in [-0.2, 0) is 5.54 Å². The van der Waals surface area contributed by atoms with Crippen molar-refractivity contribution in [1.82, 2.24) is 10.3 Å². The topological polar surface area (TPSA) is 75.1 Å². The molecular formula is C21H21ClN2O3. The average molecular weight is 385 g/mol. The molecule has 2 heterocycles. The molecule has 0 saturated heterocycles. The summed E-state index contributed by atoms with van der Waals surface area (Å²) < 4.78 is 5.28. The van der Waals surface area contributed by atoms with Crippen molar-refractivity contribution in [1.29, 1.82) is 0 Å². The Morgan fingerprint density at radius 2 is 1.81 bits per heavy atom. The molecule has 0 aliphatic rings. The first-order valence-electron chi connectivity index (χ1n) is 8.85. The molecule has 0 radical (unpaired) electrons. The SMILES string of the molecule is CCC(CC)(NC(=O)c1ccc(-c2ccco2)[nH]c1=O)c1ccc(Cl)cc1. The molecule has 0 unspecified atom stereocenters. The van der Waals surface area contributed by atoms with E-state index in [0.29, 0.717) is 29.3 Å². The lowest BCUT2D eigenvalue weighted by atomic mass is 9.84. The van der Waals surface area contributed by atoms with Crippen LogP contribution in [0.2, 0.25) is 5.02 Å². The molecule has 0 bridgehead atoms. The van der Waals surface area contributed by atoms with Crippen LogP contribution < -0.4 is 10.9 Å². The van der Waals surface area contributed by atoms with Gasteiger partial charge in [-0.2, -0.15) is 0 Å². The van der Waals surface area contributed by atoms with Gasteiger partial charge in [0.1, 0.15) is 11.3 Å². The maximum absolute atomic E-state index is 12.9. The second-order valence-electron chi connectivity index (χ2n) is 6.34. The number of carbonyl (C=O) groups is 1. The van der Waals surface area contributed by atoms with Crippen LogP contribution in [0.25, 0.3) is 11.5 Å². The van der Waals surface area contributed by atoms with Crippen LogP contribution in [0.4, 0.5) is 0 Å². The van der Waals surface area contributed by atoms with Gasteiger partial charge in [0.05, 0.1) is 17.5 Å². The highest BCUT2D eigenvalue weighted by atomic mass is 35.5. The average Bonchev–Trinajstić information content (AvgIpc) is 3.21. The Morgan fingerprint density at radius 3 is 2.37 bits per heavy atom. The molecule has 3 rings (SSSR count). The number of hydrogen-bond donors (Lipinski definition) is 2. The van der Waals surface area contributed by atoms with Gasteiger partial charge in [0.25, 0.3) is 11.5 Å². The third-order valence-electron chi connectivity index (χ3n) is 4.90. The zero-order chi connectivity index (χ0) is 19.4. The number of pyridine rings is 1. The fourth-order valence-electron chi connectivity index (χ4n) is 3.19. The van der Waals surface area contributed by atoms with Crippen molar-refractivity contribution in [2.75, 3.05) is 0 Å². The van der Waals surface area contributed by atoms with Gasteiger partial charge in [-0.3, -0.25) is 9.59 Å². The normalized spacial score (nSPS) is 11.4. The van der Waals surface area contributed by atoms with Crippen LogP contribution in [0.15, 0.2) is 64.0 Å². The van der Waals surface area contributed by atoms with E-state index in [-0.39, 0.29) is 5.56 Å². The van der Waals surface area contributed by atoms with Crippen LogP contribution in [0.3, 0.4) is 0 Å². The van der Waals surface area contributed by atoms with E-state index in [2.05, 4.69) is 10.3 Å². The van der Waals surface area contributed by atoms with Gasteiger partial charge in [0.2, 0.25) is 0 Å². The van der Waals surface area contributed by atoms with Crippen LogP contribution >= 0.6 is 11.6 Å². The van der Waals surface area contributed by atoms with E-state index in [1.807, 2.05) is 26.0 Å². The summed E-state index contributed by atoms with van der Waals surface area (Å²) in [4.78, 5) is 28.0. The molecule has 27 heavy (non-hydrogen) atoms. The maximum atomic E-state index is 12.9. The summed E-state index contributed by atoms with van der Waals surface area (Å²) in [6, 6.07) is 14.1. The molecule has 0 fully saturated rings. The first-order valence-corrected chi connectivity index (χ1v) is 9.22. The van der Waals surface area contributed by atoms with Crippen molar-refractivity contribution < 1.29 is 9.21 Å². The van der Waals surface area contributed by atoms with Crippen molar-refractivity contribution in [3.63, 3.8) is 0 Å². The zero-order valence-electron chi connectivity index (χ0n) is 15.2. The number of H-pyrrole nitrogens is 1. The number of rotatable bonds is 6. The Kier molecular flexibility index (Phi) is 5.51. The summed E-state index contributed by atoms with van der Waals surface area (Å²) in [7, 11) is 0. The summed E-state index contributed by atoms with van der Waals surface area (Å²) in [6.45, 7) is 4.01. The van der Waals surface area contributed by atoms with E-state index in [0.717, 1.165) is 5.56 Å². The quantitative estimate of drug-likeness (QED) is 0.644. The van der Waals surface area contributed by atoms with Gasteiger partial charge in [0.15, 0.2) is 0 Å². The van der Waals surface area contributed by atoms with Gasteiger partial charge in [-0.1, -0.05) is 37.6 Å². The van der Waals surface area contributed by atoms with Crippen molar-refractivity contribution in [3.8, 4) is 11.5 Å². The lowest BCUT2D eigenvalue weighted by Gasteiger charge is -2.33. The summed E-state index contributed by atoms with van der Waals surface area (Å²) >= 11 is 5.99. The zero-order valence-corrected chi connectivity index (χ0v) is 16.0. The molecule has 0 aliphatic heterocycles. The van der Waals surface area contributed by atoms with E-state index in [4.69, 9.17) is 16.0 Å². The Bertz CT molecular complexity index is 971. The Balaban J connectivity index is 1.90. The molecule has 0 atom stereocenters. The van der Waals surface area contributed by atoms with Crippen LogP contribution in [-0.4, -0.2) is 10.9 Å². The molecule has 0 saturated carbocycles. The minimum Gasteiger partial charge on any atom is -0.463 e. The molecule has 6 heteroatoms. The maximum Gasteiger partial charge on any atom is 0.261 e. The highest BCUT2D eigenvalue weighted by Gasteiger charge is 2.31. The highest BCUT2D eigenvalue weighted by Crippen LogP contribution is 2.30. The third kappa shape index (κ3) is 3.83. The van der Waals surface area contributed by atoms with Gasteiger partial charge >= 0.3 is 0 Å². The standard InChI is InChI=1S/C21H21ClN2O3/c1-3-21(4-2,14-7-9-15(22)10-8-14)24-20(26)16-11-12-17(23-19(16)25)18-6-5-13-27-18/h5-13H,3-4H2,1-2H3,(H,23,25)(H,24,26). The van der Waals surface area contributed by atoms with E-state index < -0.39 is 17.0 Å². The van der Waals surface area contributed by atoms with E-state index in [9.17, 15) is 9.59 Å². The molecule has 2 N–H and O–H groups in total. The van der Waals surface area contributed by atoms with Crippen molar-refractivity contribution in [2.45, 2.75) is 32.2 Å². The van der Waals surface area contributed by atoms with Crippen molar-refractivity contribution in [3.05, 3.63) is 81.3 Å². The van der Waals surface area contributed by atoms with Crippen molar-refractivity contribution >= 4 is 17.5 Å². The number of benzene rings is 1. The Labute approximate surface area is 162 Å². The largest absolute Gasteiger partial charge is 0.463 e. The summed E-state index contributed by atoms with van der Waals surface area (Å²) in [5.41, 5.74) is 0.503. The molecule has 3 aromatic rings. The number of amides is 1. The molecule has 0 aliphatic carbocycles. The number of halogens is 1. The van der Waals surface area contributed by atoms with E-state index in [1.165, 1.54) is 12.3 Å². The van der Waals surface area contributed by atoms with Gasteiger partial charge < -0.3 is 14.7 Å². The van der Waals surface area contributed by atoms with Crippen LogP contribution in [0.1, 0.15) is 42.6 Å². The fourth-order valence-corrected chi connectivity index (χ4v) is 3.31. The van der Waals surface area contributed by atoms with Crippen molar-refractivity contribution in [2.24, 2.45) is 0 Å². The predicted octanol–water partition coefficient (Wildman–Crippen LogP) is 4.73. The summed E-state index contributed by atoms with van der Waals surface area (Å²) in [5.74, 6) is 0.123.